The SMILES string of the molecule is Cl.NC1CC12CCCCCC2. The van der Waals surface area contributed by atoms with Gasteiger partial charge < -0.3 is 5.73 Å². The summed E-state index contributed by atoms with van der Waals surface area (Å²) in [4.78, 5) is 0. The zero-order valence-electron chi connectivity index (χ0n) is 7.01. The molecule has 0 saturated heterocycles. The molecule has 2 aliphatic carbocycles. The Balaban J connectivity index is 0.000000605. The van der Waals surface area contributed by atoms with Crippen LogP contribution in [0.25, 0.3) is 0 Å². The summed E-state index contributed by atoms with van der Waals surface area (Å²) in [6, 6.07) is 0.575. The summed E-state index contributed by atoms with van der Waals surface area (Å²) < 4.78 is 0. The summed E-state index contributed by atoms with van der Waals surface area (Å²) in [5, 5.41) is 0. The molecule has 0 aromatic carbocycles. The van der Waals surface area contributed by atoms with Crippen molar-refractivity contribution < 1.29 is 0 Å². The molecule has 0 aliphatic heterocycles. The second kappa shape index (κ2) is 3.32. The third kappa shape index (κ3) is 1.70. The Bertz CT molecular complexity index is 128. The van der Waals surface area contributed by atoms with E-state index in [1.165, 1.54) is 44.9 Å². The minimum atomic E-state index is 0. The topological polar surface area (TPSA) is 26.0 Å². The lowest BCUT2D eigenvalue weighted by Gasteiger charge is -2.10. The molecule has 0 aromatic rings. The van der Waals surface area contributed by atoms with E-state index in [9.17, 15) is 0 Å². The lowest BCUT2D eigenvalue weighted by Crippen LogP contribution is -2.12. The molecule has 11 heavy (non-hydrogen) atoms. The maximum Gasteiger partial charge on any atom is 0.0102 e. The minimum Gasteiger partial charge on any atom is -0.327 e. The van der Waals surface area contributed by atoms with E-state index in [4.69, 9.17) is 5.73 Å². The third-order valence-corrected chi connectivity index (χ3v) is 3.35. The van der Waals surface area contributed by atoms with Gasteiger partial charge in [0.2, 0.25) is 0 Å². The summed E-state index contributed by atoms with van der Waals surface area (Å²) in [5.41, 5.74) is 6.55. The van der Waals surface area contributed by atoms with Crippen molar-refractivity contribution in [2.75, 3.05) is 0 Å². The normalized spacial score (nSPS) is 34.1. The first-order valence-corrected chi connectivity index (χ1v) is 4.59. The molecular weight excluding hydrogens is 158 g/mol. The lowest BCUT2D eigenvalue weighted by molar-refractivity contribution is 0.422. The Morgan fingerprint density at radius 3 is 1.82 bits per heavy atom. The number of hydrogen-bond acceptors (Lipinski definition) is 1. The average Bonchev–Trinajstić information content (AvgIpc) is 2.60. The molecule has 2 N–H and O–H groups in total. The molecule has 2 rings (SSSR count). The fraction of sp³-hybridized carbons (Fsp3) is 1.00. The van der Waals surface area contributed by atoms with Gasteiger partial charge in [0.1, 0.15) is 0 Å². The van der Waals surface area contributed by atoms with Crippen LogP contribution in [0.1, 0.15) is 44.9 Å². The van der Waals surface area contributed by atoms with Crippen LogP contribution in [0.2, 0.25) is 0 Å². The molecule has 2 heteroatoms. The average molecular weight is 176 g/mol. The van der Waals surface area contributed by atoms with E-state index in [1.54, 1.807) is 0 Å². The molecule has 0 radical (unpaired) electrons. The van der Waals surface area contributed by atoms with Crippen molar-refractivity contribution in [3.05, 3.63) is 0 Å². The van der Waals surface area contributed by atoms with Crippen LogP contribution < -0.4 is 5.73 Å². The van der Waals surface area contributed by atoms with Gasteiger partial charge in [-0.15, -0.1) is 12.4 Å². The third-order valence-electron chi connectivity index (χ3n) is 3.35. The van der Waals surface area contributed by atoms with Gasteiger partial charge in [-0.1, -0.05) is 25.7 Å². The first-order valence-electron chi connectivity index (χ1n) is 4.59. The van der Waals surface area contributed by atoms with Crippen LogP contribution in [0, 0.1) is 5.41 Å². The quantitative estimate of drug-likeness (QED) is 0.602. The first-order chi connectivity index (χ1) is 4.83. The molecular formula is C9H18ClN. The molecule has 1 atom stereocenters. The largest absolute Gasteiger partial charge is 0.327 e. The summed E-state index contributed by atoms with van der Waals surface area (Å²) in [7, 11) is 0. The van der Waals surface area contributed by atoms with Crippen molar-refractivity contribution in [2.24, 2.45) is 11.1 Å². The van der Waals surface area contributed by atoms with Crippen LogP contribution in [-0.2, 0) is 0 Å². The molecule has 0 heterocycles. The van der Waals surface area contributed by atoms with Crippen LogP contribution in [-0.4, -0.2) is 6.04 Å². The van der Waals surface area contributed by atoms with Gasteiger partial charge in [-0.2, -0.15) is 0 Å². The van der Waals surface area contributed by atoms with Crippen molar-refractivity contribution in [3.8, 4) is 0 Å². The highest BCUT2D eigenvalue weighted by Gasteiger charge is 2.50. The Labute approximate surface area is 75.1 Å². The van der Waals surface area contributed by atoms with Gasteiger partial charge in [0.15, 0.2) is 0 Å². The molecule has 0 aromatic heterocycles. The van der Waals surface area contributed by atoms with Gasteiger partial charge in [-0.3, -0.25) is 0 Å². The minimum absolute atomic E-state index is 0. The van der Waals surface area contributed by atoms with Crippen LogP contribution in [0.3, 0.4) is 0 Å². The predicted molar refractivity (Wildman–Crippen MR) is 50.0 cm³/mol. The van der Waals surface area contributed by atoms with Crippen LogP contribution in [0.5, 0.6) is 0 Å². The number of halogens is 1. The molecule has 1 nitrogen and oxygen atoms in total. The van der Waals surface area contributed by atoms with Crippen molar-refractivity contribution in [3.63, 3.8) is 0 Å². The number of hydrogen-bond donors (Lipinski definition) is 1. The van der Waals surface area contributed by atoms with Gasteiger partial charge in [0.05, 0.1) is 0 Å². The summed E-state index contributed by atoms with van der Waals surface area (Å²) in [6.45, 7) is 0. The maximum atomic E-state index is 5.90. The van der Waals surface area contributed by atoms with Gasteiger partial charge in [0, 0.05) is 6.04 Å². The zero-order chi connectivity index (χ0) is 7.03. The molecule has 2 fully saturated rings. The molecule has 1 spiro atoms. The second-order valence-corrected chi connectivity index (χ2v) is 4.09. The molecule has 2 aliphatic rings. The monoisotopic (exact) mass is 175 g/mol. The lowest BCUT2D eigenvalue weighted by atomic mass is 9.96. The fourth-order valence-corrected chi connectivity index (χ4v) is 2.39. The van der Waals surface area contributed by atoms with Crippen LogP contribution >= 0.6 is 12.4 Å². The fourth-order valence-electron chi connectivity index (χ4n) is 2.39. The van der Waals surface area contributed by atoms with Gasteiger partial charge in [-0.25, -0.2) is 0 Å². The Hall–Kier alpha value is 0.250. The van der Waals surface area contributed by atoms with Crippen molar-refractivity contribution in [1.82, 2.24) is 0 Å². The number of rotatable bonds is 0. The smallest absolute Gasteiger partial charge is 0.0102 e. The van der Waals surface area contributed by atoms with E-state index in [-0.39, 0.29) is 12.4 Å². The predicted octanol–water partition coefficient (Wildman–Crippen LogP) is 2.48. The van der Waals surface area contributed by atoms with Gasteiger partial charge in [-0.05, 0) is 24.7 Å². The number of nitrogens with two attached hydrogens (primary N) is 1. The summed E-state index contributed by atoms with van der Waals surface area (Å²) in [6.07, 6.45) is 9.96. The van der Waals surface area contributed by atoms with E-state index < -0.39 is 0 Å². The maximum absolute atomic E-state index is 5.90. The van der Waals surface area contributed by atoms with E-state index in [1.807, 2.05) is 0 Å². The van der Waals surface area contributed by atoms with Crippen LogP contribution in [0.15, 0.2) is 0 Å². The summed E-state index contributed by atoms with van der Waals surface area (Å²) >= 11 is 0. The Morgan fingerprint density at radius 2 is 1.45 bits per heavy atom. The Kier molecular flexibility index (Phi) is 2.82. The standard InChI is InChI=1S/C9H17N.ClH/c10-8-7-9(8)5-3-1-2-4-6-9;/h8H,1-7,10H2;1H. The first kappa shape index (κ1) is 9.34. The second-order valence-electron chi connectivity index (χ2n) is 4.09. The highest BCUT2D eigenvalue weighted by Crippen LogP contribution is 2.53. The molecule has 2 saturated carbocycles. The van der Waals surface area contributed by atoms with E-state index in [2.05, 4.69) is 0 Å². The molecule has 1 unspecified atom stereocenters. The van der Waals surface area contributed by atoms with Crippen molar-refractivity contribution in [1.29, 1.82) is 0 Å². The van der Waals surface area contributed by atoms with Crippen molar-refractivity contribution in [2.45, 2.75) is 51.0 Å². The zero-order valence-corrected chi connectivity index (χ0v) is 7.83. The highest BCUT2D eigenvalue weighted by molar-refractivity contribution is 5.85. The Morgan fingerprint density at radius 1 is 1.00 bits per heavy atom. The van der Waals surface area contributed by atoms with E-state index in [0.29, 0.717) is 11.5 Å². The molecule has 0 amide bonds. The highest BCUT2D eigenvalue weighted by atomic mass is 35.5. The van der Waals surface area contributed by atoms with Gasteiger partial charge >= 0.3 is 0 Å². The molecule has 0 bridgehead atoms. The van der Waals surface area contributed by atoms with Gasteiger partial charge in [0.25, 0.3) is 0 Å². The van der Waals surface area contributed by atoms with Crippen molar-refractivity contribution >= 4 is 12.4 Å². The summed E-state index contributed by atoms with van der Waals surface area (Å²) in [5.74, 6) is 0. The van der Waals surface area contributed by atoms with E-state index >= 15 is 0 Å². The molecule has 66 valence electrons. The van der Waals surface area contributed by atoms with Crippen LogP contribution in [0.4, 0.5) is 0 Å². The van der Waals surface area contributed by atoms with E-state index in [0.717, 1.165) is 0 Å².